The molecule has 0 radical (unpaired) electrons. The fourth-order valence-electron chi connectivity index (χ4n) is 2.14. The molecule has 0 bridgehead atoms. The Bertz CT molecular complexity index is 649. The van der Waals surface area contributed by atoms with Crippen molar-refractivity contribution in [3.05, 3.63) is 41.2 Å². The van der Waals surface area contributed by atoms with Crippen molar-refractivity contribution < 1.29 is 9.53 Å². The topological polar surface area (TPSA) is 82.2 Å². The summed E-state index contributed by atoms with van der Waals surface area (Å²) in [6.07, 6.45) is 0. The van der Waals surface area contributed by atoms with Crippen LogP contribution in [0.25, 0.3) is 0 Å². The van der Waals surface area contributed by atoms with Crippen LogP contribution in [0.15, 0.2) is 24.3 Å². The van der Waals surface area contributed by atoms with Gasteiger partial charge in [0, 0.05) is 18.4 Å². The van der Waals surface area contributed by atoms with E-state index >= 15 is 0 Å². The van der Waals surface area contributed by atoms with Gasteiger partial charge in [-0.2, -0.15) is 5.10 Å². The van der Waals surface area contributed by atoms with Gasteiger partial charge in [-0.05, 0) is 32.0 Å². The highest BCUT2D eigenvalue weighted by molar-refractivity contribution is 6.05. The molecule has 0 aliphatic carbocycles. The van der Waals surface area contributed by atoms with Crippen molar-refractivity contribution in [2.75, 3.05) is 24.8 Å². The van der Waals surface area contributed by atoms with Crippen LogP contribution in [0.4, 0.5) is 11.4 Å². The lowest BCUT2D eigenvalue weighted by Gasteiger charge is -2.07. The van der Waals surface area contributed by atoms with E-state index in [0.717, 1.165) is 17.1 Å². The van der Waals surface area contributed by atoms with Gasteiger partial charge in [-0.1, -0.05) is 6.07 Å². The summed E-state index contributed by atoms with van der Waals surface area (Å²) in [7, 11) is 1.65. The zero-order chi connectivity index (χ0) is 15.4. The van der Waals surface area contributed by atoms with Crippen LogP contribution < -0.4 is 11.1 Å². The summed E-state index contributed by atoms with van der Waals surface area (Å²) in [5.41, 5.74) is 9.20. The Morgan fingerprint density at radius 1 is 1.43 bits per heavy atom. The average molecular weight is 288 g/mol. The minimum absolute atomic E-state index is 0.195. The molecule has 0 saturated carbocycles. The van der Waals surface area contributed by atoms with Crippen LogP contribution >= 0.6 is 0 Å². The Labute approximate surface area is 123 Å². The van der Waals surface area contributed by atoms with Crippen molar-refractivity contribution in [3.8, 4) is 0 Å². The second-order valence-electron chi connectivity index (χ2n) is 4.84. The number of aromatic nitrogens is 2. The lowest BCUT2D eigenvalue weighted by atomic mass is 10.2. The third-order valence-electron chi connectivity index (χ3n) is 3.28. The lowest BCUT2D eigenvalue weighted by molar-refractivity contribution is 0.102. The normalized spacial score (nSPS) is 10.6. The number of methoxy groups -OCH3 is 1. The first-order valence-electron chi connectivity index (χ1n) is 6.72. The zero-order valence-electron chi connectivity index (χ0n) is 12.5. The fraction of sp³-hybridized carbons (Fsp3) is 0.333. The molecular weight excluding hydrogens is 268 g/mol. The number of ether oxygens (including phenoxy) is 1. The molecule has 0 aliphatic heterocycles. The number of benzene rings is 1. The first-order valence-corrected chi connectivity index (χ1v) is 6.72. The molecule has 3 N–H and O–H groups in total. The molecule has 2 aromatic rings. The number of carbonyl (C=O) groups is 1. The number of amides is 1. The number of hydrogen-bond acceptors (Lipinski definition) is 4. The summed E-state index contributed by atoms with van der Waals surface area (Å²) in [5.74, 6) is -0.195. The molecule has 1 heterocycles. The fourth-order valence-corrected chi connectivity index (χ4v) is 2.14. The smallest absolute Gasteiger partial charge is 0.255 e. The molecule has 6 heteroatoms. The van der Waals surface area contributed by atoms with Crippen molar-refractivity contribution in [2.45, 2.75) is 20.4 Å². The second kappa shape index (κ2) is 6.41. The van der Waals surface area contributed by atoms with Crippen molar-refractivity contribution >= 4 is 17.3 Å². The summed E-state index contributed by atoms with van der Waals surface area (Å²) >= 11 is 0. The van der Waals surface area contributed by atoms with Gasteiger partial charge in [-0.3, -0.25) is 9.48 Å². The lowest BCUT2D eigenvalue weighted by Crippen LogP contribution is -2.14. The van der Waals surface area contributed by atoms with E-state index < -0.39 is 0 Å². The highest BCUT2D eigenvalue weighted by Crippen LogP contribution is 2.20. The third-order valence-corrected chi connectivity index (χ3v) is 3.28. The molecule has 6 nitrogen and oxygen atoms in total. The SMILES string of the molecule is COCCn1nc(C)c(NC(=O)c2cccc(N)c2)c1C. The second-order valence-corrected chi connectivity index (χ2v) is 4.84. The van der Waals surface area contributed by atoms with Crippen LogP contribution in [-0.2, 0) is 11.3 Å². The van der Waals surface area contributed by atoms with Gasteiger partial charge in [0.15, 0.2) is 0 Å². The van der Waals surface area contributed by atoms with Crippen LogP contribution in [0.5, 0.6) is 0 Å². The first-order chi connectivity index (χ1) is 10.0. The Morgan fingerprint density at radius 2 is 2.19 bits per heavy atom. The number of nitrogens with two attached hydrogens (primary N) is 1. The molecule has 2 rings (SSSR count). The van der Waals surface area contributed by atoms with Crippen LogP contribution in [0.2, 0.25) is 0 Å². The van der Waals surface area contributed by atoms with E-state index in [1.807, 2.05) is 18.5 Å². The number of nitrogen functional groups attached to an aromatic ring is 1. The first kappa shape index (κ1) is 15.1. The molecule has 0 fully saturated rings. The Morgan fingerprint density at radius 3 is 2.86 bits per heavy atom. The summed E-state index contributed by atoms with van der Waals surface area (Å²) in [4.78, 5) is 12.3. The van der Waals surface area contributed by atoms with Gasteiger partial charge >= 0.3 is 0 Å². The minimum Gasteiger partial charge on any atom is -0.399 e. The average Bonchev–Trinajstić information content (AvgIpc) is 2.72. The number of aryl methyl sites for hydroxylation is 1. The van der Waals surface area contributed by atoms with Gasteiger partial charge in [0.1, 0.15) is 0 Å². The highest BCUT2D eigenvalue weighted by atomic mass is 16.5. The largest absolute Gasteiger partial charge is 0.399 e. The number of nitrogens with one attached hydrogen (secondary N) is 1. The summed E-state index contributed by atoms with van der Waals surface area (Å²) < 4.78 is 6.88. The number of hydrogen-bond donors (Lipinski definition) is 2. The monoisotopic (exact) mass is 288 g/mol. The predicted octanol–water partition coefficient (Wildman–Crippen LogP) is 1.98. The molecule has 112 valence electrons. The van der Waals surface area contributed by atoms with Gasteiger partial charge in [-0.15, -0.1) is 0 Å². The number of carbonyl (C=O) groups excluding carboxylic acids is 1. The van der Waals surface area contributed by atoms with Crippen LogP contribution in [-0.4, -0.2) is 29.4 Å². The van der Waals surface area contributed by atoms with Gasteiger partial charge in [0.2, 0.25) is 0 Å². The molecule has 21 heavy (non-hydrogen) atoms. The van der Waals surface area contributed by atoms with Crippen LogP contribution in [0, 0.1) is 13.8 Å². The van der Waals surface area contributed by atoms with Crippen LogP contribution in [0.3, 0.4) is 0 Å². The number of anilines is 2. The number of rotatable bonds is 5. The molecule has 1 amide bonds. The van der Waals surface area contributed by atoms with Gasteiger partial charge in [-0.25, -0.2) is 0 Å². The molecule has 0 spiro atoms. The van der Waals surface area contributed by atoms with Gasteiger partial charge in [0.05, 0.1) is 30.2 Å². The highest BCUT2D eigenvalue weighted by Gasteiger charge is 2.15. The summed E-state index contributed by atoms with van der Waals surface area (Å²) in [6.45, 7) is 5.01. The maximum atomic E-state index is 12.3. The molecule has 0 aliphatic rings. The molecular formula is C15H20N4O2. The van der Waals surface area contributed by atoms with E-state index in [1.165, 1.54) is 0 Å². The minimum atomic E-state index is -0.195. The molecule has 0 atom stereocenters. The van der Waals surface area contributed by atoms with Crippen molar-refractivity contribution in [1.82, 2.24) is 9.78 Å². The Kier molecular flexibility index (Phi) is 4.59. The molecule has 1 aromatic heterocycles. The van der Waals surface area contributed by atoms with Crippen molar-refractivity contribution in [1.29, 1.82) is 0 Å². The predicted molar refractivity (Wildman–Crippen MR) is 82.4 cm³/mol. The standard InChI is InChI=1S/C15H20N4O2/c1-10-14(11(2)19(18-10)7-8-21-3)17-15(20)12-5-4-6-13(16)9-12/h4-6,9H,7-8,16H2,1-3H3,(H,17,20). The molecule has 0 saturated heterocycles. The van der Waals surface area contributed by atoms with E-state index in [0.29, 0.717) is 24.4 Å². The van der Waals surface area contributed by atoms with E-state index in [4.69, 9.17) is 10.5 Å². The maximum absolute atomic E-state index is 12.3. The maximum Gasteiger partial charge on any atom is 0.255 e. The molecule has 0 unspecified atom stereocenters. The molecule has 1 aromatic carbocycles. The van der Waals surface area contributed by atoms with Crippen molar-refractivity contribution in [2.24, 2.45) is 0 Å². The number of nitrogens with zero attached hydrogens (tertiary/aromatic N) is 2. The van der Waals surface area contributed by atoms with Crippen molar-refractivity contribution in [3.63, 3.8) is 0 Å². The Balaban J connectivity index is 2.19. The third kappa shape index (κ3) is 3.41. The van der Waals surface area contributed by atoms with E-state index in [-0.39, 0.29) is 5.91 Å². The summed E-state index contributed by atoms with van der Waals surface area (Å²) in [6, 6.07) is 6.88. The van der Waals surface area contributed by atoms with E-state index in [2.05, 4.69) is 10.4 Å². The van der Waals surface area contributed by atoms with Crippen LogP contribution in [0.1, 0.15) is 21.7 Å². The van der Waals surface area contributed by atoms with E-state index in [9.17, 15) is 4.79 Å². The zero-order valence-corrected chi connectivity index (χ0v) is 12.5. The quantitative estimate of drug-likeness (QED) is 0.824. The van der Waals surface area contributed by atoms with Gasteiger partial charge in [0.25, 0.3) is 5.91 Å². The summed E-state index contributed by atoms with van der Waals surface area (Å²) in [5, 5.41) is 7.31. The van der Waals surface area contributed by atoms with Gasteiger partial charge < -0.3 is 15.8 Å². The Hall–Kier alpha value is -2.34. The van der Waals surface area contributed by atoms with E-state index in [1.54, 1.807) is 31.4 Å².